The van der Waals surface area contributed by atoms with Crippen molar-refractivity contribution < 1.29 is 9.45 Å². The van der Waals surface area contributed by atoms with E-state index in [1.54, 1.807) is 6.07 Å². The highest BCUT2D eigenvalue weighted by Crippen LogP contribution is 2.21. The average molecular weight is 247 g/mol. The number of non-ortho nitro benzene ring substituents is 1. The van der Waals surface area contributed by atoms with Crippen LogP contribution in [-0.2, 0) is 6.54 Å². The minimum atomic E-state index is -0.406. The molecule has 0 bridgehead atoms. The summed E-state index contributed by atoms with van der Waals surface area (Å²) in [6.45, 7) is 4.17. The smallest absolute Gasteiger partial charge is 0.269 e. The van der Waals surface area contributed by atoms with Crippen molar-refractivity contribution in [3.63, 3.8) is 0 Å². The summed E-state index contributed by atoms with van der Waals surface area (Å²) >= 11 is 0. The number of hydrogen-bond acceptors (Lipinski definition) is 5. The molecule has 0 aliphatic rings. The van der Waals surface area contributed by atoms with Gasteiger partial charge >= 0.3 is 0 Å². The van der Waals surface area contributed by atoms with Crippen LogP contribution < -0.4 is 5.32 Å². The summed E-state index contributed by atoms with van der Waals surface area (Å²) in [6, 6.07) is 6.54. The number of aryl methyl sites for hydroxylation is 2. The highest BCUT2D eigenvalue weighted by molar-refractivity contribution is 5.55. The molecule has 0 aliphatic carbocycles. The van der Waals surface area contributed by atoms with Crippen molar-refractivity contribution >= 4 is 11.4 Å². The minimum Gasteiger partial charge on any atom is -0.377 e. The first-order chi connectivity index (χ1) is 8.56. The second kappa shape index (κ2) is 4.87. The van der Waals surface area contributed by atoms with Gasteiger partial charge in [-0.3, -0.25) is 10.1 Å². The van der Waals surface area contributed by atoms with Gasteiger partial charge in [-0.1, -0.05) is 5.16 Å². The van der Waals surface area contributed by atoms with Crippen LogP contribution in [0.1, 0.15) is 17.0 Å². The Kier molecular flexibility index (Phi) is 3.27. The predicted octanol–water partition coefficient (Wildman–Crippen LogP) is 2.81. The molecular formula is C12H13N3O3. The maximum atomic E-state index is 10.6. The fourth-order valence-electron chi connectivity index (χ4n) is 1.64. The second-order valence-corrected chi connectivity index (χ2v) is 4.04. The lowest BCUT2D eigenvalue weighted by molar-refractivity contribution is -0.384. The molecule has 94 valence electrons. The standard InChI is InChI=1S/C12H13N3O3/c1-8-5-10(15(16)17)3-4-12(8)13-7-11-6-9(2)14-18-11/h3-6,13H,7H2,1-2H3. The van der Waals surface area contributed by atoms with Crippen LogP contribution >= 0.6 is 0 Å². The zero-order valence-electron chi connectivity index (χ0n) is 10.1. The van der Waals surface area contributed by atoms with Crippen molar-refractivity contribution in [1.29, 1.82) is 0 Å². The van der Waals surface area contributed by atoms with E-state index in [0.29, 0.717) is 6.54 Å². The Morgan fingerprint density at radius 3 is 2.72 bits per heavy atom. The Labute approximate surface area is 104 Å². The van der Waals surface area contributed by atoms with E-state index >= 15 is 0 Å². The molecule has 1 aromatic carbocycles. The van der Waals surface area contributed by atoms with Gasteiger partial charge in [0.15, 0.2) is 5.76 Å². The van der Waals surface area contributed by atoms with Gasteiger partial charge in [-0.15, -0.1) is 0 Å². The summed E-state index contributed by atoms with van der Waals surface area (Å²) in [5, 5.41) is 17.5. The van der Waals surface area contributed by atoms with E-state index in [2.05, 4.69) is 10.5 Å². The van der Waals surface area contributed by atoms with Crippen LogP contribution in [0.2, 0.25) is 0 Å². The van der Waals surface area contributed by atoms with Gasteiger partial charge in [-0.05, 0) is 25.5 Å². The molecule has 1 aromatic heterocycles. The molecule has 1 N–H and O–H groups in total. The van der Waals surface area contributed by atoms with Crippen LogP contribution in [0.5, 0.6) is 0 Å². The molecule has 0 radical (unpaired) electrons. The van der Waals surface area contributed by atoms with Crippen molar-refractivity contribution in [2.75, 3.05) is 5.32 Å². The summed E-state index contributed by atoms with van der Waals surface area (Å²) in [4.78, 5) is 10.2. The molecule has 2 aromatic rings. The monoisotopic (exact) mass is 247 g/mol. The third kappa shape index (κ3) is 2.65. The van der Waals surface area contributed by atoms with E-state index in [9.17, 15) is 10.1 Å². The molecule has 0 aliphatic heterocycles. The molecule has 0 fully saturated rings. The van der Waals surface area contributed by atoms with E-state index in [1.165, 1.54) is 12.1 Å². The molecule has 0 amide bonds. The summed E-state index contributed by atoms with van der Waals surface area (Å²) in [7, 11) is 0. The highest BCUT2D eigenvalue weighted by atomic mass is 16.6. The second-order valence-electron chi connectivity index (χ2n) is 4.04. The number of rotatable bonds is 4. The van der Waals surface area contributed by atoms with Gasteiger partial charge in [-0.2, -0.15) is 0 Å². The Hall–Kier alpha value is -2.37. The third-order valence-electron chi connectivity index (χ3n) is 2.55. The first-order valence-corrected chi connectivity index (χ1v) is 5.47. The minimum absolute atomic E-state index is 0.0913. The number of benzene rings is 1. The van der Waals surface area contributed by atoms with Crippen LogP contribution in [-0.4, -0.2) is 10.1 Å². The molecule has 0 unspecified atom stereocenters. The molecule has 0 saturated heterocycles. The number of nitro groups is 1. The van der Waals surface area contributed by atoms with E-state index in [4.69, 9.17) is 4.52 Å². The lowest BCUT2D eigenvalue weighted by Gasteiger charge is -2.07. The fraction of sp³-hybridized carbons (Fsp3) is 0.250. The topological polar surface area (TPSA) is 81.2 Å². The van der Waals surface area contributed by atoms with Crippen LogP contribution in [0.15, 0.2) is 28.8 Å². The SMILES string of the molecule is Cc1cc(CNc2ccc([N+](=O)[O-])cc2C)on1. The number of anilines is 1. The van der Waals surface area contributed by atoms with Crippen LogP contribution in [0.25, 0.3) is 0 Å². The molecule has 1 heterocycles. The highest BCUT2D eigenvalue weighted by Gasteiger charge is 2.08. The maximum absolute atomic E-state index is 10.6. The lowest BCUT2D eigenvalue weighted by atomic mass is 10.2. The Morgan fingerprint density at radius 1 is 1.39 bits per heavy atom. The van der Waals surface area contributed by atoms with Gasteiger partial charge in [-0.25, -0.2) is 0 Å². The van der Waals surface area contributed by atoms with Gasteiger partial charge in [0.25, 0.3) is 5.69 Å². The molecule has 18 heavy (non-hydrogen) atoms. The third-order valence-corrected chi connectivity index (χ3v) is 2.55. The quantitative estimate of drug-likeness (QED) is 0.663. The van der Waals surface area contributed by atoms with Gasteiger partial charge in [0.05, 0.1) is 17.2 Å². The van der Waals surface area contributed by atoms with E-state index in [0.717, 1.165) is 22.7 Å². The predicted molar refractivity (Wildman–Crippen MR) is 66.4 cm³/mol. The van der Waals surface area contributed by atoms with Crippen molar-refractivity contribution in [1.82, 2.24) is 5.16 Å². The van der Waals surface area contributed by atoms with Gasteiger partial charge in [0, 0.05) is 23.9 Å². The summed E-state index contributed by atoms with van der Waals surface area (Å²) < 4.78 is 5.07. The Bertz CT molecular complexity index is 578. The largest absolute Gasteiger partial charge is 0.377 e. The van der Waals surface area contributed by atoms with Crippen molar-refractivity contribution in [3.8, 4) is 0 Å². The molecule has 2 rings (SSSR count). The summed E-state index contributed by atoms with van der Waals surface area (Å²) in [5.41, 5.74) is 2.58. The normalized spacial score (nSPS) is 10.3. The maximum Gasteiger partial charge on any atom is 0.269 e. The molecule has 6 nitrogen and oxygen atoms in total. The van der Waals surface area contributed by atoms with Gasteiger partial charge in [0.1, 0.15) is 0 Å². The van der Waals surface area contributed by atoms with E-state index in [-0.39, 0.29) is 5.69 Å². The number of hydrogen-bond donors (Lipinski definition) is 1. The molecule has 0 spiro atoms. The van der Waals surface area contributed by atoms with E-state index in [1.807, 2.05) is 19.9 Å². The van der Waals surface area contributed by atoms with Crippen molar-refractivity contribution in [2.24, 2.45) is 0 Å². The van der Waals surface area contributed by atoms with Crippen LogP contribution in [0.3, 0.4) is 0 Å². The zero-order valence-corrected chi connectivity index (χ0v) is 10.1. The number of nitrogens with one attached hydrogen (secondary N) is 1. The Balaban J connectivity index is 2.08. The van der Waals surface area contributed by atoms with E-state index < -0.39 is 4.92 Å². The fourth-order valence-corrected chi connectivity index (χ4v) is 1.64. The molecular weight excluding hydrogens is 234 g/mol. The Morgan fingerprint density at radius 2 is 2.17 bits per heavy atom. The first-order valence-electron chi connectivity index (χ1n) is 5.47. The number of nitrogens with zero attached hydrogens (tertiary/aromatic N) is 2. The molecule has 0 atom stereocenters. The van der Waals surface area contributed by atoms with Gasteiger partial charge in [0.2, 0.25) is 0 Å². The van der Waals surface area contributed by atoms with Gasteiger partial charge < -0.3 is 9.84 Å². The van der Waals surface area contributed by atoms with Crippen LogP contribution in [0.4, 0.5) is 11.4 Å². The summed E-state index contributed by atoms with van der Waals surface area (Å²) in [5.74, 6) is 0.727. The first kappa shape index (κ1) is 12.1. The molecule has 6 heteroatoms. The summed E-state index contributed by atoms with van der Waals surface area (Å²) in [6.07, 6.45) is 0. The molecule has 0 saturated carbocycles. The van der Waals surface area contributed by atoms with Crippen LogP contribution in [0, 0.1) is 24.0 Å². The van der Waals surface area contributed by atoms with Crippen molar-refractivity contribution in [3.05, 3.63) is 51.4 Å². The average Bonchev–Trinajstić information content (AvgIpc) is 2.73. The zero-order chi connectivity index (χ0) is 13.1. The number of aromatic nitrogens is 1. The van der Waals surface area contributed by atoms with Crippen molar-refractivity contribution in [2.45, 2.75) is 20.4 Å². The lowest BCUT2D eigenvalue weighted by Crippen LogP contribution is -2.00. The number of nitro benzene ring substituents is 1.